The number of fused-ring (bicyclic) bond motifs is 8. The molecule has 0 saturated carbocycles. The second-order valence-electron chi connectivity index (χ2n) is 18.4. The molecule has 14 rings (SSSR count). The molecular formula is C69H47NOS. The van der Waals surface area contributed by atoms with Crippen LogP contribution >= 0.6 is 12.6 Å². The third kappa shape index (κ3) is 7.28. The van der Waals surface area contributed by atoms with Crippen molar-refractivity contribution in [3.05, 3.63) is 261 Å². The smallest absolute Gasteiger partial charge is 0.143 e. The number of thiol groups is 1. The maximum atomic E-state index is 6.80. The van der Waals surface area contributed by atoms with Crippen molar-refractivity contribution in [2.24, 2.45) is 0 Å². The van der Waals surface area contributed by atoms with E-state index in [1.54, 1.807) is 6.26 Å². The number of rotatable bonds is 7. The number of para-hydroxylation sites is 1. The summed E-state index contributed by atoms with van der Waals surface area (Å²) in [6.45, 7) is 0. The van der Waals surface area contributed by atoms with Gasteiger partial charge in [-0.05, 0) is 150 Å². The minimum atomic E-state index is 0.883. The van der Waals surface area contributed by atoms with Gasteiger partial charge in [0.15, 0.2) is 0 Å². The molecule has 14 aromatic rings. The Morgan fingerprint density at radius 3 is 1.35 bits per heavy atom. The Morgan fingerprint density at radius 2 is 0.708 bits per heavy atom. The minimum Gasteiger partial charge on any atom is -0.455 e. The van der Waals surface area contributed by atoms with Crippen LogP contribution in [-0.2, 0) is 0 Å². The van der Waals surface area contributed by atoms with E-state index in [2.05, 4.69) is 278 Å². The molecule has 0 atom stereocenters. The summed E-state index contributed by atoms with van der Waals surface area (Å²) in [4.78, 5) is 0. The first-order chi connectivity index (χ1) is 35.7. The predicted molar refractivity (Wildman–Crippen MR) is 311 cm³/mol. The lowest BCUT2D eigenvalue weighted by atomic mass is 9.86. The summed E-state index contributed by atoms with van der Waals surface area (Å²) in [5.74, 6) is 0. The van der Waals surface area contributed by atoms with E-state index in [1.807, 2.05) is 0 Å². The summed E-state index contributed by atoms with van der Waals surface area (Å²) >= 11 is 3.53. The fraction of sp³-hybridized carbons (Fsp3) is 0.0145. The molecule has 0 amide bonds. The van der Waals surface area contributed by atoms with Crippen LogP contribution in [0.15, 0.2) is 265 Å². The first-order valence-electron chi connectivity index (χ1n) is 24.5. The Kier molecular flexibility index (Phi) is 10.9. The van der Waals surface area contributed by atoms with Gasteiger partial charge in [-0.15, -0.1) is 0 Å². The highest BCUT2D eigenvalue weighted by Gasteiger charge is 2.20. The van der Waals surface area contributed by atoms with Gasteiger partial charge in [0.25, 0.3) is 0 Å². The van der Waals surface area contributed by atoms with Crippen LogP contribution in [0, 0.1) is 0 Å². The zero-order valence-corrected chi connectivity index (χ0v) is 40.5. The fourth-order valence-electron chi connectivity index (χ4n) is 11.1. The van der Waals surface area contributed by atoms with Crippen molar-refractivity contribution in [2.45, 2.75) is 0 Å². The van der Waals surface area contributed by atoms with Crippen molar-refractivity contribution >= 4 is 77.9 Å². The molecule has 0 spiro atoms. The summed E-state index contributed by atoms with van der Waals surface area (Å²) in [5.41, 5.74) is 19.4. The van der Waals surface area contributed by atoms with Gasteiger partial charge in [0.2, 0.25) is 0 Å². The zero-order valence-electron chi connectivity index (χ0n) is 39.6. The second kappa shape index (κ2) is 18.1. The van der Waals surface area contributed by atoms with Gasteiger partial charge in [0, 0.05) is 32.8 Å². The van der Waals surface area contributed by atoms with E-state index in [1.165, 1.54) is 82.3 Å². The molecule has 0 aliphatic heterocycles. The van der Waals surface area contributed by atoms with E-state index >= 15 is 0 Å². The van der Waals surface area contributed by atoms with E-state index in [4.69, 9.17) is 4.42 Å². The minimum absolute atomic E-state index is 0.883. The first-order valence-corrected chi connectivity index (χ1v) is 25.4. The van der Waals surface area contributed by atoms with Crippen molar-refractivity contribution in [3.8, 4) is 72.4 Å². The molecule has 2 nitrogen and oxygen atoms in total. The molecule has 3 heteroatoms. The van der Waals surface area contributed by atoms with Crippen LogP contribution in [0.1, 0.15) is 0 Å². The summed E-state index contributed by atoms with van der Waals surface area (Å²) < 4.78 is 9.22. The number of hydrogen-bond acceptors (Lipinski definition) is 2. The SMILES string of the molecule is CS.c1ccc(-c2ccc3oc4c(-c5cccc(-c6ccc7c(c6)c6ccccc6n7-c6ccc(-c7c8ccccc8c(-c8ccccc8)c8ccccc78)cc6)c5)cc(-c5ccccc5)cc4c3c2)cc1. The zero-order chi connectivity index (χ0) is 48.1. The Hall–Kier alpha value is -8.89. The van der Waals surface area contributed by atoms with Crippen LogP contribution in [0.5, 0.6) is 0 Å². The molecular weight excluding hydrogens is 891 g/mol. The lowest BCUT2D eigenvalue weighted by Gasteiger charge is -2.18. The van der Waals surface area contributed by atoms with Crippen LogP contribution in [0.4, 0.5) is 0 Å². The molecule has 0 unspecified atom stereocenters. The van der Waals surface area contributed by atoms with Crippen molar-refractivity contribution in [1.82, 2.24) is 4.57 Å². The quantitative estimate of drug-likeness (QED) is 0.125. The highest BCUT2D eigenvalue weighted by atomic mass is 32.1. The summed E-state index contributed by atoms with van der Waals surface area (Å²) in [6.07, 6.45) is 1.69. The largest absolute Gasteiger partial charge is 0.455 e. The molecule has 0 N–H and O–H groups in total. The van der Waals surface area contributed by atoms with Gasteiger partial charge in [0.1, 0.15) is 11.2 Å². The molecule has 0 saturated heterocycles. The molecule has 72 heavy (non-hydrogen) atoms. The third-order valence-corrected chi connectivity index (χ3v) is 14.4. The maximum absolute atomic E-state index is 6.80. The lowest BCUT2D eigenvalue weighted by Crippen LogP contribution is -1.94. The van der Waals surface area contributed by atoms with Crippen LogP contribution in [-0.4, -0.2) is 10.8 Å². The Bertz CT molecular complexity index is 4260. The van der Waals surface area contributed by atoms with Gasteiger partial charge in [-0.3, -0.25) is 0 Å². The van der Waals surface area contributed by atoms with Gasteiger partial charge in [-0.25, -0.2) is 0 Å². The van der Waals surface area contributed by atoms with Crippen LogP contribution in [0.3, 0.4) is 0 Å². The van der Waals surface area contributed by atoms with E-state index < -0.39 is 0 Å². The lowest BCUT2D eigenvalue weighted by molar-refractivity contribution is 0.670. The number of benzene rings is 12. The van der Waals surface area contributed by atoms with Crippen LogP contribution < -0.4 is 0 Å². The third-order valence-electron chi connectivity index (χ3n) is 14.4. The number of aromatic nitrogens is 1. The number of nitrogens with zero attached hydrogens (tertiary/aromatic N) is 1. The molecule has 0 radical (unpaired) electrons. The molecule has 0 aliphatic carbocycles. The van der Waals surface area contributed by atoms with Crippen LogP contribution in [0.2, 0.25) is 0 Å². The maximum Gasteiger partial charge on any atom is 0.143 e. The summed E-state index contributed by atoms with van der Waals surface area (Å²) in [7, 11) is 0. The monoisotopic (exact) mass is 937 g/mol. The normalized spacial score (nSPS) is 11.5. The van der Waals surface area contributed by atoms with Crippen molar-refractivity contribution in [3.63, 3.8) is 0 Å². The molecule has 0 fully saturated rings. The average Bonchev–Trinajstić information content (AvgIpc) is 4.00. The molecule has 2 heterocycles. The molecule has 2 aromatic heterocycles. The number of furan rings is 1. The molecule has 12 aromatic carbocycles. The highest BCUT2D eigenvalue weighted by Crippen LogP contribution is 2.45. The van der Waals surface area contributed by atoms with Gasteiger partial charge in [0.05, 0.1) is 11.0 Å². The average molecular weight is 938 g/mol. The molecule has 0 aliphatic rings. The fourth-order valence-corrected chi connectivity index (χ4v) is 11.1. The van der Waals surface area contributed by atoms with Crippen molar-refractivity contribution in [1.29, 1.82) is 0 Å². The summed E-state index contributed by atoms with van der Waals surface area (Å²) in [6, 6.07) is 94.8. The van der Waals surface area contributed by atoms with Gasteiger partial charge < -0.3 is 8.98 Å². The standard InChI is InChI=1S/C68H43NO.CH4S/c1-4-17-44(18-5-1)49-34-38-65-61(41-49)62-43-52(45-19-6-2-7-20-45)42-59(68(62)70-65)51-24-16-23-48(39-51)50-33-37-64-60(40-50)54-25-14-15-30-63(54)69(64)53-35-31-47(32-36-53)67-57-28-12-10-26-55(57)66(46-21-8-3-9-22-46)56-27-11-13-29-58(56)67;1-2/h1-43H;2H,1H3. The van der Waals surface area contributed by atoms with Crippen molar-refractivity contribution in [2.75, 3.05) is 6.26 Å². The van der Waals surface area contributed by atoms with Gasteiger partial charge >= 0.3 is 0 Å². The van der Waals surface area contributed by atoms with Gasteiger partial charge in [-0.1, -0.05) is 200 Å². The first kappa shape index (κ1) is 43.2. The highest BCUT2D eigenvalue weighted by molar-refractivity contribution is 7.79. The van der Waals surface area contributed by atoms with E-state index in [9.17, 15) is 0 Å². The van der Waals surface area contributed by atoms with Gasteiger partial charge in [-0.2, -0.15) is 12.6 Å². The van der Waals surface area contributed by atoms with Crippen LogP contribution in [0.25, 0.3) is 138 Å². The Morgan fingerprint density at radius 1 is 0.278 bits per heavy atom. The second-order valence-corrected chi connectivity index (χ2v) is 18.4. The Labute approximate surface area is 424 Å². The summed E-state index contributed by atoms with van der Waals surface area (Å²) in [5, 5.41) is 9.70. The van der Waals surface area contributed by atoms with Crippen molar-refractivity contribution < 1.29 is 4.42 Å². The molecule has 340 valence electrons. The van der Waals surface area contributed by atoms with E-state index in [-0.39, 0.29) is 0 Å². The van der Waals surface area contributed by atoms with E-state index in [0.717, 1.165) is 55.4 Å². The van der Waals surface area contributed by atoms with E-state index in [0.29, 0.717) is 0 Å². The topological polar surface area (TPSA) is 18.1 Å². The molecule has 0 bridgehead atoms. The predicted octanol–water partition coefficient (Wildman–Crippen LogP) is 19.5. The number of hydrogen-bond donors (Lipinski definition) is 1. The Balaban J connectivity index is 0.00000249.